The van der Waals surface area contributed by atoms with Gasteiger partial charge in [-0.2, -0.15) is 5.10 Å². The third-order valence-corrected chi connectivity index (χ3v) is 2.33. The summed E-state index contributed by atoms with van der Waals surface area (Å²) >= 11 is 0. The molecule has 0 fully saturated rings. The van der Waals surface area contributed by atoms with E-state index in [1.807, 2.05) is 24.3 Å². The molecule has 0 spiro atoms. The molecular weight excluding hydrogens is 228 g/mol. The van der Waals surface area contributed by atoms with E-state index in [-0.39, 0.29) is 0 Å². The van der Waals surface area contributed by atoms with Gasteiger partial charge < -0.3 is 4.74 Å². The Labute approximate surface area is 104 Å². The zero-order valence-corrected chi connectivity index (χ0v) is 9.39. The van der Waals surface area contributed by atoms with Crippen molar-refractivity contribution < 1.29 is 4.74 Å². The minimum atomic E-state index is 0.544. The van der Waals surface area contributed by atoms with Gasteiger partial charge >= 0.3 is 0 Å². The summed E-state index contributed by atoms with van der Waals surface area (Å²) < 4.78 is 7.25. The van der Waals surface area contributed by atoms with E-state index in [2.05, 4.69) is 21.1 Å². The maximum absolute atomic E-state index is 5.57. The highest BCUT2D eigenvalue weighted by atomic mass is 16.5. The number of ether oxygens (including phenoxy) is 1. The van der Waals surface area contributed by atoms with Crippen molar-refractivity contribution in [1.29, 1.82) is 0 Å². The van der Waals surface area contributed by atoms with Crippen LogP contribution in [0, 0.1) is 6.07 Å². The van der Waals surface area contributed by atoms with Gasteiger partial charge in [0.1, 0.15) is 18.4 Å². The Morgan fingerprint density at radius 2 is 2.00 bits per heavy atom. The Hall–Kier alpha value is -2.69. The van der Waals surface area contributed by atoms with Crippen molar-refractivity contribution in [3.8, 4) is 17.3 Å². The van der Waals surface area contributed by atoms with Crippen molar-refractivity contribution in [3.63, 3.8) is 0 Å². The molecule has 0 aliphatic rings. The first-order valence-electron chi connectivity index (χ1n) is 5.37. The fraction of sp³-hybridized carbons (Fsp3) is 0. The number of pyridine rings is 1. The van der Waals surface area contributed by atoms with E-state index < -0.39 is 0 Å². The van der Waals surface area contributed by atoms with Gasteiger partial charge in [0, 0.05) is 18.3 Å². The Morgan fingerprint density at radius 1 is 1.11 bits per heavy atom. The Bertz CT molecular complexity index is 605. The lowest BCUT2D eigenvalue weighted by Crippen LogP contribution is -1.94. The van der Waals surface area contributed by atoms with E-state index in [1.54, 1.807) is 29.3 Å². The summed E-state index contributed by atoms with van der Waals surface area (Å²) in [5.74, 6) is 1.26. The lowest BCUT2D eigenvalue weighted by Gasteiger charge is -2.05. The Balaban J connectivity index is 1.80. The van der Waals surface area contributed by atoms with Crippen LogP contribution < -0.4 is 4.74 Å². The second-order valence-electron chi connectivity index (χ2n) is 3.53. The van der Waals surface area contributed by atoms with Crippen LogP contribution >= 0.6 is 0 Å². The molecule has 0 bridgehead atoms. The highest BCUT2D eigenvalue weighted by molar-refractivity contribution is 5.37. The van der Waals surface area contributed by atoms with Crippen LogP contribution in [0.25, 0.3) is 5.69 Å². The van der Waals surface area contributed by atoms with Gasteiger partial charge in [0.05, 0.1) is 5.69 Å². The second kappa shape index (κ2) is 4.67. The molecule has 1 aromatic carbocycles. The molecule has 0 N–H and O–H groups in total. The molecule has 2 aromatic heterocycles. The van der Waals surface area contributed by atoms with Crippen molar-refractivity contribution >= 4 is 0 Å². The minimum absolute atomic E-state index is 0.544. The van der Waals surface area contributed by atoms with Gasteiger partial charge in [0.25, 0.3) is 0 Å². The van der Waals surface area contributed by atoms with Gasteiger partial charge in [-0.1, -0.05) is 0 Å². The third kappa shape index (κ3) is 2.20. The first-order valence-corrected chi connectivity index (χ1v) is 5.37. The molecule has 0 aliphatic heterocycles. The summed E-state index contributed by atoms with van der Waals surface area (Å²) in [6.07, 6.45) is 4.71. The van der Waals surface area contributed by atoms with Crippen LogP contribution in [0.2, 0.25) is 0 Å². The molecule has 0 aliphatic carbocycles. The summed E-state index contributed by atoms with van der Waals surface area (Å²) in [6, 6.07) is 13.9. The van der Waals surface area contributed by atoms with Crippen LogP contribution in [0.3, 0.4) is 0 Å². The smallest absolute Gasteiger partial charge is 0.219 e. The molecule has 5 heteroatoms. The molecule has 5 nitrogen and oxygen atoms in total. The van der Waals surface area contributed by atoms with Crippen LogP contribution in [0.5, 0.6) is 11.6 Å². The summed E-state index contributed by atoms with van der Waals surface area (Å²) in [5.41, 5.74) is 0.925. The molecule has 0 saturated carbocycles. The first-order chi connectivity index (χ1) is 8.92. The first kappa shape index (κ1) is 10.5. The molecular formula is C13H9N4O. The van der Waals surface area contributed by atoms with Gasteiger partial charge in [0.15, 0.2) is 0 Å². The van der Waals surface area contributed by atoms with Crippen LogP contribution in [0.1, 0.15) is 0 Å². The third-order valence-electron chi connectivity index (χ3n) is 2.33. The van der Waals surface area contributed by atoms with Crippen LogP contribution in [-0.4, -0.2) is 19.7 Å². The largest absolute Gasteiger partial charge is 0.439 e. The summed E-state index contributed by atoms with van der Waals surface area (Å²) in [4.78, 5) is 7.94. The van der Waals surface area contributed by atoms with E-state index in [4.69, 9.17) is 4.74 Å². The van der Waals surface area contributed by atoms with Crippen molar-refractivity contribution in [2.45, 2.75) is 0 Å². The van der Waals surface area contributed by atoms with Crippen molar-refractivity contribution in [2.75, 3.05) is 0 Å². The van der Waals surface area contributed by atoms with Gasteiger partial charge in [-0.3, -0.25) is 0 Å². The minimum Gasteiger partial charge on any atom is -0.439 e. The topological polar surface area (TPSA) is 52.8 Å². The average Bonchev–Trinajstić information content (AvgIpc) is 2.95. The van der Waals surface area contributed by atoms with E-state index in [9.17, 15) is 0 Å². The van der Waals surface area contributed by atoms with E-state index >= 15 is 0 Å². The van der Waals surface area contributed by atoms with E-state index in [1.165, 1.54) is 6.33 Å². The Kier molecular flexibility index (Phi) is 2.71. The monoisotopic (exact) mass is 237 g/mol. The zero-order valence-electron chi connectivity index (χ0n) is 9.39. The number of benzene rings is 1. The average molecular weight is 237 g/mol. The van der Waals surface area contributed by atoms with Crippen molar-refractivity contribution in [2.24, 2.45) is 0 Å². The number of hydrogen-bond donors (Lipinski definition) is 0. The lowest BCUT2D eigenvalue weighted by atomic mass is 10.3. The fourth-order valence-corrected chi connectivity index (χ4v) is 1.50. The summed E-state index contributed by atoms with van der Waals surface area (Å²) in [7, 11) is 0. The SMILES string of the molecule is [c]1ccc(Oc2ccc(-n3cncn3)cc2)nc1. The molecule has 0 unspecified atom stereocenters. The molecule has 0 saturated heterocycles. The highest BCUT2D eigenvalue weighted by Crippen LogP contribution is 2.20. The van der Waals surface area contributed by atoms with Gasteiger partial charge in [-0.05, 0) is 30.3 Å². The van der Waals surface area contributed by atoms with Crippen molar-refractivity contribution in [1.82, 2.24) is 19.7 Å². The van der Waals surface area contributed by atoms with Gasteiger partial charge in [-0.15, -0.1) is 0 Å². The van der Waals surface area contributed by atoms with Crippen LogP contribution in [-0.2, 0) is 0 Å². The molecule has 3 aromatic rings. The fourth-order valence-electron chi connectivity index (χ4n) is 1.50. The number of nitrogens with zero attached hydrogens (tertiary/aromatic N) is 4. The molecule has 0 atom stereocenters. The lowest BCUT2D eigenvalue weighted by molar-refractivity contribution is 0.463. The molecule has 0 amide bonds. The van der Waals surface area contributed by atoms with E-state index in [0.717, 1.165) is 11.4 Å². The number of aromatic nitrogens is 4. The zero-order chi connectivity index (χ0) is 12.2. The normalized spacial score (nSPS) is 10.2. The predicted octanol–water partition coefficient (Wildman–Crippen LogP) is 2.25. The maximum Gasteiger partial charge on any atom is 0.219 e. The van der Waals surface area contributed by atoms with Gasteiger partial charge in [0.2, 0.25) is 5.88 Å². The number of rotatable bonds is 3. The second-order valence-corrected chi connectivity index (χ2v) is 3.53. The van der Waals surface area contributed by atoms with Gasteiger partial charge in [-0.25, -0.2) is 14.6 Å². The standard InChI is InChI=1S/C13H9N4O/c1-2-8-15-13(3-1)18-12-6-4-11(5-7-12)17-10-14-9-16-17/h1,3-10H. The molecule has 2 heterocycles. The Morgan fingerprint density at radius 3 is 2.67 bits per heavy atom. The quantitative estimate of drug-likeness (QED) is 0.701. The molecule has 3 rings (SSSR count). The molecule has 18 heavy (non-hydrogen) atoms. The van der Waals surface area contributed by atoms with Crippen LogP contribution in [0.15, 0.2) is 55.2 Å². The molecule has 1 radical (unpaired) electrons. The summed E-state index contributed by atoms with van der Waals surface area (Å²) in [6.45, 7) is 0. The highest BCUT2D eigenvalue weighted by Gasteiger charge is 2.00. The maximum atomic E-state index is 5.57. The van der Waals surface area contributed by atoms with Crippen molar-refractivity contribution in [3.05, 3.63) is 61.3 Å². The number of hydrogen-bond acceptors (Lipinski definition) is 4. The predicted molar refractivity (Wildman–Crippen MR) is 64.5 cm³/mol. The van der Waals surface area contributed by atoms with Crippen LogP contribution in [0.4, 0.5) is 0 Å². The summed E-state index contributed by atoms with van der Waals surface area (Å²) in [5, 5.41) is 4.05. The van der Waals surface area contributed by atoms with E-state index in [0.29, 0.717) is 5.88 Å². The molecule has 87 valence electrons.